The maximum atomic E-state index is 11.6. The third kappa shape index (κ3) is 2.82. The largest absolute Gasteiger partial charge is 0.322 e. The zero-order chi connectivity index (χ0) is 11.5. The van der Waals surface area contributed by atoms with Gasteiger partial charge in [0.1, 0.15) is 0 Å². The van der Waals surface area contributed by atoms with Crippen LogP contribution in [0.4, 0.5) is 5.69 Å². The Kier molecular flexibility index (Phi) is 3.24. The molecule has 0 aliphatic heterocycles. The molecule has 1 fully saturated rings. The Hall–Kier alpha value is -1.36. The van der Waals surface area contributed by atoms with Crippen LogP contribution in [0.5, 0.6) is 0 Å². The molecule has 2 N–H and O–H groups in total. The highest BCUT2D eigenvalue weighted by Gasteiger charge is 2.21. The monoisotopic (exact) mass is 222 g/mol. The maximum Gasteiger partial charge on any atom is 0.238 e. The highest BCUT2D eigenvalue weighted by molar-refractivity contribution is 5.92. The third-order valence-electron chi connectivity index (χ3n) is 2.64. The van der Waals surface area contributed by atoms with Gasteiger partial charge in [-0.2, -0.15) is 5.10 Å². The molecule has 1 heterocycles. The van der Waals surface area contributed by atoms with Crippen LogP contribution in [0.2, 0.25) is 0 Å². The van der Waals surface area contributed by atoms with E-state index in [9.17, 15) is 4.79 Å². The fourth-order valence-electron chi connectivity index (χ4n) is 1.62. The molecule has 1 saturated carbocycles. The molecule has 1 aromatic heterocycles. The highest BCUT2D eigenvalue weighted by Crippen LogP contribution is 2.18. The second-order valence-corrected chi connectivity index (χ2v) is 4.22. The lowest BCUT2D eigenvalue weighted by molar-refractivity contribution is -0.115. The van der Waals surface area contributed by atoms with Crippen LogP contribution in [0.3, 0.4) is 0 Å². The molecule has 5 nitrogen and oxygen atoms in total. The van der Waals surface area contributed by atoms with Crippen LogP contribution in [0.15, 0.2) is 6.20 Å². The van der Waals surface area contributed by atoms with Crippen LogP contribution < -0.4 is 10.6 Å². The van der Waals surface area contributed by atoms with Crippen molar-refractivity contribution < 1.29 is 4.79 Å². The van der Waals surface area contributed by atoms with Crippen molar-refractivity contribution in [3.63, 3.8) is 0 Å². The number of anilines is 1. The molecule has 0 spiro atoms. The summed E-state index contributed by atoms with van der Waals surface area (Å²) in [5.41, 5.74) is 1.76. The van der Waals surface area contributed by atoms with Crippen LogP contribution in [-0.2, 0) is 18.3 Å². The summed E-state index contributed by atoms with van der Waals surface area (Å²) in [5, 5.41) is 10.3. The van der Waals surface area contributed by atoms with Gasteiger partial charge in [-0.1, -0.05) is 6.92 Å². The molecule has 0 radical (unpaired) electrons. The molecule has 2 rings (SSSR count). The molecule has 0 unspecified atom stereocenters. The lowest BCUT2D eigenvalue weighted by atomic mass is 10.3. The summed E-state index contributed by atoms with van der Waals surface area (Å²) < 4.78 is 1.72. The molecule has 0 aromatic carbocycles. The van der Waals surface area contributed by atoms with Crippen molar-refractivity contribution in [2.75, 3.05) is 11.9 Å². The van der Waals surface area contributed by atoms with Gasteiger partial charge in [0.2, 0.25) is 5.91 Å². The van der Waals surface area contributed by atoms with Crippen molar-refractivity contribution in [1.82, 2.24) is 15.1 Å². The van der Waals surface area contributed by atoms with Gasteiger partial charge in [0.25, 0.3) is 0 Å². The van der Waals surface area contributed by atoms with E-state index >= 15 is 0 Å². The Morgan fingerprint density at radius 2 is 2.38 bits per heavy atom. The van der Waals surface area contributed by atoms with Crippen molar-refractivity contribution in [2.24, 2.45) is 7.05 Å². The van der Waals surface area contributed by atoms with Crippen LogP contribution in [0.1, 0.15) is 25.5 Å². The van der Waals surface area contributed by atoms with Crippen LogP contribution in [-0.4, -0.2) is 28.3 Å². The van der Waals surface area contributed by atoms with E-state index in [1.54, 1.807) is 4.68 Å². The summed E-state index contributed by atoms with van der Waals surface area (Å²) in [4.78, 5) is 11.6. The SMILES string of the molecule is CCc1nn(C)cc1NC(=O)CNC1CC1. The molecule has 0 bridgehead atoms. The zero-order valence-corrected chi connectivity index (χ0v) is 9.79. The smallest absolute Gasteiger partial charge is 0.238 e. The highest BCUT2D eigenvalue weighted by atomic mass is 16.1. The molecule has 5 heteroatoms. The summed E-state index contributed by atoms with van der Waals surface area (Å²) in [5.74, 6) is 0.00889. The van der Waals surface area contributed by atoms with Gasteiger partial charge in [0.05, 0.1) is 17.9 Å². The van der Waals surface area contributed by atoms with Crippen LogP contribution in [0, 0.1) is 0 Å². The van der Waals surface area contributed by atoms with Crippen molar-refractivity contribution in [1.29, 1.82) is 0 Å². The lowest BCUT2D eigenvalue weighted by Crippen LogP contribution is -2.29. The normalized spacial score (nSPS) is 15.1. The maximum absolute atomic E-state index is 11.6. The minimum Gasteiger partial charge on any atom is -0.322 e. The Bertz CT molecular complexity index is 381. The Morgan fingerprint density at radius 3 is 3.00 bits per heavy atom. The fourth-order valence-corrected chi connectivity index (χ4v) is 1.62. The van der Waals surface area contributed by atoms with Gasteiger partial charge in [-0.05, 0) is 19.3 Å². The average Bonchev–Trinajstić information content (AvgIpc) is 3.00. The molecule has 0 atom stereocenters. The van der Waals surface area contributed by atoms with Gasteiger partial charge in [-0.25, -0.2) is 0 Å². The number of hydrogen-bond acceptors (Lipinski definition) is 3. The molecular weight excluding hydrogens is 204 g/mol. The van der Waals surface area contributed by atoms with Crippen molar-refractivity contribution in [3.05, 3.63) is 11.9 Å². The fraction of sp³-hybridized carbons (Fsp3) is 0.636. The summed E-state index contributed by atoms with van der Waals surface area (Å²) in [7, 11) is 1.86. The standard InChI is InChI=1S/C11H18N4O/c1-3-9-10(7-15(2)14-9)13-11(16)6-12-8-4-5-8/h7-8,12H,3-6H2,1-2H3,(H,13,16). The quantitative estimate of drug-likeness (QED) is 0.770. The minimum atomic E-state index is 0.00889. The van der Waals surface area contributed by atoms with E-state index < -0.39 is 0 Å². The number of carbonyl (C=O) groups excluding carboxylic acids is 1. The summed E-state index contributed by atoms with van der Waals surface area (Å²) in [6.45, 7) is 2.42. The van der Waals surface area contributed by atoms with Crippen molar-refractivity contribution >= 4 is 11.6 Å². The number of aromatic nitrogens is 2. The average molecular weight is 222 g/mol. The van der Waals surface area contributed by atoms with Crippen molar-refractivity contribution in [2.45, 2.75) is 32.2 Å². The number of nitrogens with one attached hydrogen (secondary N) is 2. The number of hydrogen-bond donors (Lipinski definition) is 2. The molecule has 16 heavy (non-hydrogen) atoms. The first-order valence-corrected chi connectivity index (χ1v) is 5.74. The van der Waals surface area contributed by atoms with E-state index in [1.165, 1.54) is 12.8 Å². The Morgan fingerprint density at radius 1 is 1.62 bits per heavy atom. The van der Waals surface area contributed by atoms with E-state index in [1.807, 2.05) is 20.2 Å². The molecule has 1 aliphatic carbocycles. The Labute approximate surface area is 95.2 Å². The van der Waals surface area contributed by atoms with E-state index in [0.29, 0.717) is 12.6 Å². The molecule has 0 saturated heterocycles. The van der Waals surface area contributed by atoms with Crippen molar-refractivity contribution in [3.8, 4) is 0 Å². The third-order valence-corrected chi connectivity index (χ3v) is 2.64. The van der Waals surface area contributed by atoms with Gasteiger partial charge in [0.15, 0.2) is 0 Å². The molecule has 1 amide bonds. The number of carbonyl (C=O) groups is 1. The topological polar surface area (TPSA) is 59.0 Å². The molecular formula is C11H18N4O. The van der Waals surface area contributed by atoms with Gasteiger partial charge in [0, 0.05) is 19.3 Å². The van der Waals surface area contributed by atoms with E-state index in [-0.39, 0.29) is 5.91 Å². The summed E-state index contributed by atoms with van der Waals surface area (Å²) in [6, 6.07) is 0.560. The number of nitrogens with zero attached hydrogens (tertiary/aromatic N) is 2. The van der Waals surface area contributed by atoms with E-state index in [4.69, 9.17) is 0 Å². The second-order valence-electron chi connectivity index (χ2n) is 4.22. The van der Waals surface area contributed by atoms with Gasteiger partial charge < -0.3 is 10.6 Å². The number of rotatable bonds is 5. The van der Waals surface area contributed by atoms with E-state index in [0.717, 1.165) is 17.8 Å². The number of aryl methyl sites for hydroxylation is 2. The van der Waals surface area contributed by atoms with E-state index in [2.05, 4.69) is 15.7 Å². The lowest BCUT2D eigenvalue weighted by Gasteiger charge is -2.04. The molecule has 1 aliphatic rings. The number of amides is 1. The predicted molar refractivity (Wildman–Crippen MR) is 62.2 cm³/mol. The summed E-state index contributed by atoms with van der Waals surface area (Å²) >= 11 is 0. The van der Waals surface area contributed by atoms with Gasteiger partial charge in [-0.3, -0.25) is 9.48 Å². The first-order valence-electron chi connectivity index (χ1n) is 5.74. The second kappa shape index (κ2) is 4.65. The zero-order valence-electron chi connectivity index (χ0n) is 9.79. The van der Waals surface area contributed by atoms with Gasteiger partial charge >= 0.3 is 0 Å². The van der Waals surface area contributed by atoms with Crippen LogP contribution in [0.25, 0.3) is 0 Å². The minimum absolute atomic E-state index is 0.00889. The molecule has 88 valence electrons. The van der Waals surface area contributed by atoms with Crippen LogP contribution >= 0.6 is 0 Å². The van der Waals surface area contributed by atoms with Gasteiger partial charge in [-0.15, -0.1) is 0 Å². The first kappa shape index (κ1) is 11.1. The first-order chi connectivity index (χ1) is 7.69. The predicted octanol–water partition coefficient (Wildman–Crippen LogP) is 0.673. The molecule has 1 aromatic rings. The summed E-state index contributed by atoms with van der Waals surface area (Å²) in [6.07, 6.45) is 5.06. The Balaban J connectivity index is 1.88.